The van der Waals surface area contributed by atoms with Crippen LogP contribution in [0, 0.1) is 0 Å². The number of hydrogen-bond acceptors (Lipinski definition) is 4. The average Bonchev–Trinajstić information content (AvgIpc) is 2.46. The molecule has 0 aliphatic heterocycles. The molecule has 0 unspecified atom stereocenters. The Kier molecular flexibility index (Phi) is 2.55. The maximum Gasteiger partial charge on any atom is 0.358 e. The summed E-state index contributed by atoms with van der Waals surface area (Å²) >= 11 is 0. The van der Waals surface area contributed by atoms with E-state index in [1.807, 2.05) is 13.8 Å². The second-order valence-electron chi connectivity index (χ2n) is 2.97. The third kappa shape index (κ3) is 1.63. The zero-order chi connectivity index (χ0) is 10.0. The van der Waals surface area contributed by atoms with Crippen LogP contribution in [0.4, 0.5) is 5.82 Å². The number of ether oxygens (including phenoxy) is 1. The fourth-order valence-electron chi connectivity index (χ4n) is 1.07. The van der Waals surface area contributed by atoms with Crippen LogP contribution >= 0.6 is 0 Å². The Morgan fingerprint density at radius 3 is 2.77 bits per heavy atom. The van der Waals surface area contributed by atoms with Crippen molar-refractivity contribution in [3.8, 4) is 0 Å². The summed E-state index contributed by atoms with van der Waals surface area (Å²) in [7, 11) is 1.32. The highest BCUT2D eigenvalue weighted by Gasteiger charge is 2.18. The minimum atomic E-state index is -0.455. The standard InChI is InChI=1S/C8H13N3O2/c1-5(2)11-4-10-7(9)6(11)8(12)13-3/h4-5H,9H2,1-3H3. The SMILES string of the molecule is COC(=O)c1c(N)ncn1C(C)C. The molecule has 5 nitrogen and oxygen atoms in total. The Morgan fingerprint density at radius 2 is 2.31 bits per heavy atom. The van der Waals surface area contributed by atoms with Gasteiger partial charge in [0, 0.05) is 6.04 Å². The molecule has 0 atom stereocenters. The summed E-state index contributed by atoms with van der Waals surface area (Å²) in [5.41, 5.74) is 5.84. The van der Waals surface area contributed by atoms with E-state index in [0.29, 0.717) is 5.69 Å². The Labute approximate surface area is 76.5 Å². The van der Waals surface area contributed by atoms with Gasteiger partial charge in [0.25, 0.3) is 0 Å². The van der Waals surface area contributed by atoms with Crippen LogP contribution in [0.15, 0.2) is 6.33 Å². The molecule has 72 valence electrons. The normalized spacial score (nSPS) is 10.5. The topological polar surface area (TPSA) is 70.1 Å². The van der Waals surface area contributed by atoms with Crippen molar-refractivity contribution in [3.63, 3.8) is 0 Å². The predicted octanol–water partition coefficient (Wildman–Crippen LogP) is 0.833. The van der Waals surface area contributed by atoms with Gasteiger partial charge in [-0.3, -0.25) is 0 Å². The predicted molar refractivity (Wildman–Crippen MR) is 48.4 cm³/mol. The summed E-state index contributed by atoms with van der Waals surface area (Å²) in [4.78, 5) is 15.1. The summed E-state index contributed by atoms with van der Waals surface area (Å²) in [5, 5.41) is 0. The number of rotatable bonds is 2. The van der Waals surface area contributed by atoms with E-state index in [-0.39, 0.29) is 11.9 Å². The van der Waals surface area contributed by atoms with E-state index in [1.165, 1.54) is 13.4 Å². The molecule has 0 amide bonds. The number of carbonyl (C=O) groups is 1. The lowest BCUT2D eigenvalue weighted by atomic mass is 10.3. The van der Waals surface area contributed by atoms with Crippen molar-refractivity contribution in [1.82, 2.24) is 9.55 Å². The van der Waals surface area contributed by atoms with Crippen molar-refractivity contribution in [2.24, 2.45) is 0 Å². The quantitative estimate of drug-likeness (QED) is 0.689. The molecule has 0 fully saturated rings. The van der Waals surface area contributed by atoms with Crippen LogP contribution < -0.4 is 5.73 Å². The van der Waals surface area contributed by atoms with E-state index in [0.717, 1.165) is 0 Å². The number of hydrogen-bond donors (Lipinski definition) is 1. The van der Waals surface area contributed by atoms with Crippen LogP contribution in [0.25, 0.3) is 0 Å². The lowest BCUT2D eigenvalue weighted by Gasteiger charge is -2.09. The number of nitrogens with zero attached hydrogens (tertiary/aromatic N) is 2. The first kappa shape index (κ1) is 9.57. The highest BCUT2D eigenvalue weighted by atomic mass is 16.5. The third-order valence-electron chi connectivity index (χ3n) is 1.76. The number of methoxy groups -OCH3 is 1. The molecular weight excluding hydrogens is 170 g/mol. The molecule has 0 radical (unpaired) electrons. The molecule has 0 saturated heterocycles. The van der Waals surface area contributed by atoms with Gasteiger partial charge in [0.05, 0.1) is 13.4 Å². The molecule has 1 heterocycles. The summed E-state index contributed by atoms with van der Waals surface area (Å²) in [5.74, 6) is -0.246. The number of esters is 1. The van der Waals surface area contributed by atoms with Gasteiger partial charge in [0.2, 0.25) is 0 Å². The number of nitrogen functional groups attached to an aromatic ring is 1. The summed E-state index contributed by atoms with van der Waals surface area (Å²) in [6.07, 6.45) is 1.53. The lowest BCUT2D eigenvalue weighted by Crippen LogP contribution is -2.13. The monoisotopic (exact) mass is 183 g/mol. The van der Waals surface area contributed by atoms with Gasteiger partial charge in [0.15, 0.2) is 11.5 Å². The lowest BCUT2D eigenvalue weighted by molar-refractivity contribution is 0.0588. The van der Waals surface area contributed by atoms with Crippen molar-refractivity contribution in [2.75, 3.05) is 12.8 Å². The number of nitrogens with two attached hydrogens (primary N) is 1. The molecule has 0 aliphatic carbocycles. The van der Waals surface area contributed by atoms with Crippen LogP contribution in [-0.2, 0) is 4.74 Å². The van der Waals surface area contributed by atoms with Crippen LogP contribution in [-0.4, -0.2) is 22.6 Å². The molecular formula is C8H13N3O2. The van der Waals surface area contributed by atoms with Crippen molar-refractivity contribution in [2.45, 2.75) is 19.9 Å². The van der Waals surface area contributed by atoms with Gasteiger partial charge in [-0.05, 0) is 13.8 Å². The van der Waals surface area contributed by atoms with Gasteiger partial charge in [-0.2, -0.15) is 0 Å². The van der Waals surface area contributed by atoms with Gasteiger partial charge in [-0.25, -0.2) is 9.78 Å². The Hall–Kier alpha value is -1.52. The molecule has 1 aromatic rings. The maximum absolute atomic E-state index is 11.3. The number of imidazole rings is 1. The molecule has 0 aromatic carbocycles. The van der Waals surface area contributed by atoms with Crippen molar-refractivity contribution < 1.29 is 9.53 Å². The molecule has 0 spiro atoms. The zero-order valence-electron chi connectivity index (χ0n) is 7.94. The summed E-state index contributed by atoms with van der Waals surface area (Å²) < 4.78 is 6.27. The van der Waals surface area contributed by atoms with E-state index >= 15 is 0 Å². The average molecular weight is 183 g/mol. The molecule has 0 aliphatic rings. The van der Waals surface area contributed by atoms with E-state index in [9.17, 15) is 4.79 Å². The third-order valence-corrected chi connectivity index (χ3v) is 1.76. The number of carbonyl (C=O) groups excluding carboxylic acids is 1. The van der Waals surface area contributed by atoms with Crippen LogP contribution in [0.1, 0.15) is 30.4 Å². The number of aromatic nitrogens is 2. The second kappa shape index (κ2) is 3.47. The molecule has 2 N–H and O–H groups in total. The Bertz CT molecular complexity index is 317. The fraction of sp³-hybridized carbons (Fsp3) is 0.500. The van der Waals surface area contributed by atoms with Crippen LogP contribution in [0.2, 0.25) is 0 Å². The fourth-order valence-corrected chi connectivity index (χ4v) is 1.07. The maximum atomic E-state index is 11.3. The van der Waals surface area contributed by atoms with Crippen molar-refractivity contribution >= 4 is 11.8 Å². The largest absolute Gasteiger partial charge is 0.464 e. The molecule has 0 saturated carbocycles. The van der Waals surface area contributed by atoms with Gasteiger partial charge < -0.3 is 15.0 Å². The zero-order valence-corrected chi connectivity index (χ0v) is 7.94. The van der Waals surface area contributed by atoms with Crippen LogP contribution in [0.5, 0.6) is 0 Å². The first-order chi connectivity index (χ1) is 6.07. The summed E-state index contributed by atoms with van der Waals surface area (Å²) in [6, 6.07) is 0.138. The highest BCUT2D eigenvalue weighted by Crippen LogP contribution is 2.15. The first-order valence-corrected chi connectivity index (χ1v) is 3.98. The van der Waals surface area contributed by atoms with E-state index < -0.39 is 5.97 Å². The Morgan fingerprint density at radius 1 is 1.69 bits per heavy atom. The van der Waals surface area contributed by atoms with E-state index in [1.54, 1.807) is 4.57 Å². The molecule has 1 rings (SSSR count). The summed E-state index contributed by atoms with van der Waals surface area (Å²) in [6.45, 7) is 3.88. The van der Waals surface area contributed by atoms with E-state index in [4.69, 9.17) is 5.73 Å². The number of anilines is 1. The van der Waals surface area contributed by atoms with E-state index in [2.05, 4.69) is 9.72 Å². The first-order valence-electron chi connectivity index (χ1n) is 3.98. The van der Waals surface area contributed by atoms with Crippen molar-refractivity contribution in [1.29, 1.82) is 0 Å². The molecule has 5 heteroatoms. The molecule has 13 heavy (non-hydrogen) atoms. The molecule has 0 bridgehead atoms. The smallest absolute Gasteiger partial charge is 0.358 e. The highest BCUT2D eigenvalue weighted by molar-refractivity contribution is 5.92. The second-order valence-corrected chi connectivity index (χ2v) is 2.97. The van der Waals surface area contributed by atoms with Gasteiger partial charge in [-0.15, -0.1) is 0 Å². The van der Waals surface area contributed by atoms with Gasteiger partial charge in [0.1, 0.15) is 0 Å². The minimum absolute atomic E-state index is 0.138. The minimum Gasteiger partial charge on any atom is -0.464 e. The van der Waals surface area contributed by atoms with Crippen LogP contribution in [0.3, 0.4) is 0 Å². The van der Waals surface area contributed by atoms with Crippen molar-refractivity contribution in [3.05, 3.63) is 12.0 Å². The van der Waals surface area contributed by atoms with Gasteiger partial charge in [-0.1, -0.05) is 0 Å². The molecule has 1 aromatic heterocycles. The Balaban J connectivity index is 3.16. The van der Waals surface area contributed by atoms with Gasteiger partial charge >= 0.3 is 5.97 Å².